The molecule has 0 bridgehead atoms. The quantitative estimate of drug-likeness (QED) is 0.286. The average Bonchev–Trinajstić information content (AvgIpc) is 3.39. The number of nitrogens with zero attached hydrogens (tertiary/aromatic N) is 3. The Morgan fingerprint density at radius 3 is 2.67 bits per heavy atom. The second-order valence-electron chi connectivity index (χ2n) is 10.8. The highest BCUT2D eigenvalue weighted by Crippen LogP contribution is 2.34. The number of carbonyl (C=O) groups is 1. The van der Waals surface area contributed by atoms with Crippen molar-refractivity contribution in [3.05, 3.63) is 90.1 Å². The maximum Gasteiger partial charge on any atom is 0.255 e. The molecule has 1 atom stereocenters. The summed E-state index contributed by atoms with van der Waals surface area (Å²) < 4.78 is 21.5. The fourth-order valence-corrected chi connectivity index (χ4v) is 4.88. The number of para-hydroxylation sites is 1. The third-order valence-corrected chi connectivity index (χ3v) is 6.96. The highest BCUT2D eigenvalue weighted by atomic mass is 19.1. The second-order valence-corrected chi connectivity index (χ2v) is 10.8. The molecule has 1 aliphatic heterocycles. The summed E-state index contributed by atoms with van der Waals surface area (Å²) >= 11 is 0. The minimum absolute atomic E-state index is 0.0432. The van der Waals surface area contributed by atoms with E-state index in [2.05, 4.69) is 24.1 Å². The molecule has 0 aliphatic carbocycles. The molecule has 1 saturated heterocycles. The fourth-order valence-electron chi connectivity index (χ4n) is 4.88. The van der Waals surface area contributed by atoms with Gasteiger partial charge >= 0.3 is 0 Å². The van der Waals surface area contributed by atoms with E-state index >= 15 is 0 Å². The van der Waals surface area contributed by atoms with Crippen molar-refractivity contribution in [3.8, 4) is 28.1 Å². The second kappa shape index (κ2) is 11.4. The van der Waals surface area contributed by atoms with Gasteiger partial charge in [0, 0.05) is 42.4 Å². The number of amides is 1. The van der Waals surface area contributed by atoms with Crippen molar-refractivity contribution in [2.45, 2.75) is 45.8 Å². The number of nitrogens with one attached hydrogen (secondary N) is 1. The number of hydrogen-bond acceptors (Lipinski definition) is 5. The molecular weight excluding hydrogens is 495 g/mol. The number of aromatic nitrogens is 3. The van der Waals surface area contributed by atoms with E-state index in [-0.39, 0.29) is 34.7 Å². The SMILES string of the molecule is CC(C)(CNC(=O)c1ccccc1O)Cc1cc(-c2cn(C3CCCCO3)nc2-c2ccc(F)cc2)ccn1. The van der Waals surface area contributed by atoms with Crippen molar-refractivity contribution in [3.63, 3.8) is 0 Å². The normalized spacial score (nSPS) is 15.7. The van der Waals surface area contributed by atoms with Gasteiger partial charge in [0.1, 0.15) is 23.5 Å². The van der Waals surface area contributed by atoms with Gasteiger partial charge in [-0.2, -0.15) is 5.10 Å². The number of benzene rings is 2. The molecule has 7 nitrogen and oxygen atoms in total. The Morgan fingerprint density at radius 2 is 1.92 bits per heavy atom. The zero-order valence-electron chi connectivity index (χ0n) is 22.2. The zero-order valence-corrected chi connectivity index (χ0v) is 22.2. The monoisotopic (exact) mass is 528 g/mol. The van der Waals surface area contributed by atoms with Gasteiger partial charge in [0.15, 0.2) is 0 Å². The first-order valence-corrected chi connectivity index (χ1v) is 13.3. The highest BCUT2D eigenvalue weighted by molar-refractivity contribution is 5.96. The maximum absolute atomic E-state index is 13.7. The van der Waals surface area contributed by atoms with Crippen LogP contribution in [0, 0.1) is 11.2 Å². The molecule has 5 rings (SSSR count). The van der Waals surface area contributed by atoms with E-state index in [9.17, 15) is 14.3 Å². The van der Waals surface area contributed by atoms with Crippen molar-refractivity contribution in [1.29, 1.82) is 0 Å². The van der Waals surface area contributed by atoms with Gasteiger partial charge in [-0.05, 0) is 85.2 Å². The number of rotatable bonds is 8. The molecule has 39 heavy (non-hydrogen) atoms. The topological polar surface area (TPSA) is 89.3 Å². The Morgan fingerprint density at radius 1 is 1.13 bits per heavy atom. The van der Waals surface area contributed by atoms with Crippen molar-refractivity contribution >= 4 is 5.91 Å². The van der Waals surface area contributed by atoms with Crippen LogP contribution in [0.15, 0.2) is 73.1 Å². The van der Waals surface area contributed by atoms with Crippen LogP contribution in [0.4, 0.5) is 4.39 Å². The molecule has 0 radical (unpaired) electrons. The summed E-state index contributed by atoms with van der Waals surface area (Å²) in [5, 5.41) is 17.8. The third kappa shape index (κ3) is 6.34. The summed E-state index contributed by atoms with van der Waals surface area (Å²) in [4.78, 5) is 17.2. The summed E-state index contributed by atoms with van der Waals surface area (Å²) in [6.45, 7) is 5.24. The fraction of sp³-hybridized carbons (Fsp3) is 0.323. The Hall–Kier alpha value is -4.04. The first-order chi connectivity index (χ1) is 18.8. The molecule has 2 aromatic heterocycles. The molecule has 1 unspecified atom stereocenters. The van der Waals surface area contributed by atoms with Gasteiger partial charge in [0.05, 0.1) is 5.56 Å². The number of ether oxygens (including phenoxy) is 1. The minimum Gasteiger partial charge on any atom is -0.507 e. The van der Waals surface area contributed by atoms with E-state index in [1.165, 1.54) is 18.2 Å². The van der Waals surface area contributed by atoms with Crippen LogP contribution in [0.5, 0.6) is 5.75 Å². The van der Waals surface area contributed by atoms with Crippen LogP contribution >= 0.6 is 0 Å². The molecule has 1 amide bonds. The molecule has 0 saturated carbocycles. The predicted octanol–water partition coefficient (Wildman–Crippen LogP) is 6.15. The Bertz CT molecular complexity index is 1440. The summed E-state index contributed by atoms with van der Waals surface area (Å²) in [6, 6.07) is 16.9. The molecule has 2 aromatic carbocycles. The predicted molar refractivity (Wildman–Crippen MR) is 148 cm³/mol. The van der Waals surface area contributed by atoms with E-state index in [1.807, 2.05) is 23.0 Å². The van der Waals surface area contributed by atoms with Gasteiger partial charge in [-0.15, -0.1) is 0 Å². The van der Waals surface area contributed by atoms with E-state index in [0.29, 0.717) is 19.6 Å². The van der Waals surface area contributed by atoms with Crippen LogP contribution < -0.4 is 5.32 Å². The number of phenolic OH excluding ortho intramolecular Hbond substituents is 1. The highest BCUT2D eigenvalue weighted by Gasteiger charge is 2.24. The average molecular weight is 529 g/mol. The van der Waals surface area contributed by atoms with Crippen LogP contribution in [-0.4, -0.2) is 38.9 Å². The molecular formula is C31H33FN4O3. The molecule has 0 spiro atoms. The number of aromatic hydroxyl groups is 1. The van der Waals surface area contributed by atoms with Crippen molar-refractivity contribution in [2.75, 3.05) is 13.2 Å². The lowest BCUT2D eigenvalue weighted by atomic mass is 9.86. The molecule has 3 heterocycles. The third-order valence-electron chi connectivity index (χ3n) is 6.96. The van der Waals surface area contributed by atoms with E-state index in [1.54, 1.807) is 36.5 Å². The zero-order chi connectivity index (χ0) is 27.4. The standard InChI is InChI=1S/C31H33FN4O3/c1-31(2,20-34-30(38)25-7-3-4-8-27(25)37)18-24-17-22(14-15-33-24)26-19-36(28-9-5-6-16-39-28)35-29(26)21-10-12-23(32)13-11-21/h3-4,7-8,10-15,17,19,28,37H,5-6,9,16,18,20H2,1-2H3,(H,34,38). The summed E-state index contributed by atoms with van der Waals surface area (Å²) in [5.74, 6) is -0.652. The van der Waals surface area contributed by atoms with Gasteiger partial charge in [-0.1, -0.05) is 26.0 Å². The summed E-state index contributed by atoms with van der Waals surface area (Å²) in [5.41, 5.74) is 4.29. The van der Waals surface area contributed by atoms with Crippen molar-refractivity contribution in [2.24, 2.45) is 5.41 Å². The lowest BCUT2D eigenvalue weighted by Crippen LogP contribution is -2.35. The molecule has 8 heteroatoms. The van der Waals surface area contributed by atoms with Gasteiger partial charge in [0.25, 0.3) is 5.91 Å². The van der Waals surface area contributed by atoms with E-state index < -0.39 is 0 Å². The maximum atomic E-state index is 13.7. The molecule has 1 fully saturated rings. The molecule has 2 N–H and O–H groups in total. The van der Waals surface area contributed by atoms with Gasteiger partial charge < -0.3 is 15.2 Å². The first kappa shape index (κ1) is 26.6. The van der Waals surface area contributed by atoms with Gasteiger partial charge in [-0.25, -0.2) is 9.07 Å². The molecule has 1 aliphatic rings. The van der Waals surface area contributed by atoms with Crippen LogP contribution in [-0.2, 0) is 11.2 Å². The Balaban J connectivity index is 1.38. The van der Waals surface area contributed by atoms with Crippen LogP contribution in [0.3, 0.4) is 0 Å². The molecule has 4 aromatic rings. The van der Waals surface area contributed by atoms with Crippen LogP contribution in [0.25, 0.3) is 22.4 Å². The van der Waals surface area contributed by atoms with Gasteiger partial charge in [0.2, 0.25) is 0 Å². The molecule has 202 valence electrons. The summed E-state index contributed by atoms with van der Waals surface area (Å²) in [7, 11) is 0. The van der Waals surface area contributed by atoms with E-state index in [0.717, 1.165) is 47.3 Å². The minimum atomic E-state index is -0.316. The number of hydrogen-bond donors (Lipinski definition) is 2. The smallest absolute Gasteiger partial charge is 0.255 e. The largest absolute Gasteiger partial charge is 0.507 e. The Labute approximate surface area is 227 Å². The number of halogens is 1. The van der Waals surface area contributed by atoms with Crippen molar-refractivity contribution in [1.82, 2.24) is 20.1 Å². The summed E-state index contributed by atoms with van der Waals surface area (Å²) in [6.07, 6.45) is 7.31. The van der Waals surface area contributed by atoms with E-state index in [4.69, 9.17) is 9.84 Å². The lowest BCUT2D eigenvalue weighted by molar-refractivity contribution is -0.0393. The lowest BCUT2D eigenvalue weighted by Gasteiger charge is -2.25. The van der Waals surface area contributed by atoms with Crippen LogP contribution in [0.1, 0.15) is 55.4 Å². The number of phenols is 1. The Kier molecular flexibility index (Phi) is 7.74. The van der Waals surface area contributed by atoms with Crippen molar-refractivity contribution < 1.29 is 19.0 Å². The first-order valence-electron chi connectivity index (χ1n) is 13.3. The van der Waals surface area contributed by atoms with Gasteiger partial charge in [-0.3, -0.25) is 9.78 Å². The number of carbonyl (C=O) groups excluding carboxylic acids is 1. The number of pyridine rings is 1. The van der Waals surface area contributed by atoms with Crippen LogP contribution in [0.2, 0.25) is 0 Å².